The van der Waals surface area contributed by atoms with E-state index in [-0.39, 0.29) is 11.0 Å². The smallest absolute Gasteiger partial charge is 0.294 e. The maximum Gasteiger partial charge on any atom is 0.294 e. The molecule has 11 heteroatoms. The zero-order valence-corrected chi connectivity index (χ0v) is 22.8. The maximum absolute atomic E-state index is 13.8. The van der Waals surface area contributed by atoms with Gasteiger partial charge in [-0.1, -0.05) is 24.3 Å². The second-order valence-electron chi connectivity index (χ2n) is 9.44. The molecule has 0 saturated carbocycles. The normalized spacial score (nSPS) is 15.7. The molecule has 0 saturated heterocycles. The van der Waals surface area contributed by atoms with Gasteiger partial charge >= 0.3 is 0 Å². The molecule has 0 radical (unpaired) electrons. The highest BCUT2D eigenvalue weighted by molar-refractivity contribution is 7.85. The fraction of sp³-hybridized carbons (Fsp3) is 0.259. The Morgan fingerprint density at radius 3 is 1.61 bits per heavy atom. The van der Waals surface area contributed by atoms with Gasteiger partial charge in [-0.25, -0.2) is 5.01 Å². The molecule has 3 aromatic carbocycles. The van der Waals surface area contributed by atoms with Gasteiger partial charge in [0.2, 0.25) is 0 Å². The van der Waals surface area contributed by atoms with Gasteiger partial charge in [0.25, 0.3) is 16.0 Å². The first-order valence-electron chi connectivity index (χ1n) is 11.6. The Morgan fingerprint density at radius 1 is 0.816 bits per heavy atom. The van der Waals surface area contributed by atoms with Crippen LogP contribution < -0.4 is 21.0 Å². The summed E-state index contributed by atoms with van der Waals surface area (Å²) < 4.78 is 32.1. The van der Waals surface area contributed by atoms with E-state index in [1.807, 2.05) is 62.3 Å². The van der Waals surface area contributed by atoms with Crippen molar-refractivity contribution in [1.29, 1.82) is 0 Å². The summed E-state index contributed by atoms with van der Waals surface area (Å²) in [5, 5.41) is 18.0. The standard InChI is InChI=1S/C27H30N4O5S.H3N/c1-18-25(26(32)31(28-18)23-14-16-24(17-15-23)37(34,35)36)27(33,19-6-10-21(11-7-19)29(2)3)20-8-12-22(13-9-20)30(4)5;/h6-17,25,33H,1-5H3,(H,34,35,36);1H3. The second kappa shape index (κ2) is 10.5. The average molecular weight is 540 g/mol. The fourth-order valence-corrected chi connectivity index (χ4v) is 5.00. The van der Waals surface area contributed by atoms with Crippen LogP contribution in [0.15, 0.2) is 82.8 Å². The van der Waals surface area contributed by atoms with Crippen LogP contribution in [0, 0.1) is 5.92 Å². The van der Waals surface area contributed by atoms with Crippen molar-refractivity contribution in [2.24, 2.45) is 11.0 Å². The zero-order chi connectivity index (χ0) is 27.1. The van der Waals surface area contributed by atoms with E-state index in [0.29, 0.717) is 22.5 Å². The first-order valence-corrected chi connectivity index (χ1v) is 13.0. The molecular weight excluding hydrogens is 506 g/mol. The summed E-state index contributed by atoms with van der Waals surface area (Å²) in [5.74, 6) is -1.50. The monoisotopic (exact) mass is 539 g/mol. The van der Waals surface area contributed by atoms with Crippen LogP contribution in [0.2, 0.25) is 0 Å². The summed E-state index contributed by atoms with van der Waals surface area (Å²) >= 11 is 0. The molecule has 5 N–H and O–H groups in total. The van der Waals surface area contributed by atoms with E-state index in [1.165, 1.54) is 24.3 Å². The summed E-state index contributed by atoms with van der Waals surface area (Å²) in [7, 11) is 3.30. The molecule has 1 amide bonds. The van der Waals surface area contributed by atoms with E-state index < -0.39 is 27.5 Å². The van der Waals surface area contributed by atoms with Gasteiger partial charge in [-0.15, -0.1) is 0 Å². The summed E-state index contributed by atoms with van der Waals surface area (Å²) in [6, 6.07) is 19.9. The zero-order valence-electron chi connectivity index (χ0n) is 22.0. The van der Waals surface area contributed by atoms with Crippen molar-refractivity contribution in [2.75, 3.05) is 43.0 Å². The average Bonchev–Trinajstić information content (AvgIpc) is 3.17. The molecule has 38 heavy (non-hydrogen) atoms. The lowest BCUT2D eigenvalue weighted by atomic mass is 9.74. The Kier molecular flexibility index (Phi) is 7.99. The summed E-state index contributed by atoms with van der Waals surface area (Å²) in [5.41, 5.74) is 1.94. The van der Waals surface area contributed by atoms with Gasteiger partial charge in [-0.05, 0) is 66.6 Å². The first-order chi connectivity index (χ1) is 17.3. The highest BCUT2D eigenvalue weighted by atomic mass is 32.2. The Hall–Kier alpha value is -3.77. The largest absolute Gasteiger partial charge is 0.379 e. The van der Waals surface area contributed by atoms with E-state index in [1.54, 1.807) is 31.2 Å². The number of benzene rings is 3. The van der Waals surface area contributed by atoms with Crippen molar-refractivity contribution in [3.8, 4) is 0 Å². The van der Waals surface area contributed by atoms with Crippen molar-refractivity contribution in [3.63, 3.8) is 0 Å². The summed E-state index contributed by atoms with van der Waals surface area (Å²) in [4.78, 5) is 17.4. The van der Waals surface area contributed by atoms with Gasteiger partial charge in [0, 0.05) is 39.6 Å². The number of hydrogen-bond donors (Lipinski definition) is 3. The lowest BCUT2D eigenvalue weighted by Gasteiger charge is -2.35. The SMILES string of the molecule is CC1=NN(c2ccc(S(=O)(=O)O)cc2)C(=O)C1C(O)(c1ccc(N(C)C)cc1)c1ccc(N(C)C)cc1.N. The molecule has 1 heterocycles. The van der Waals surface area contributed by atoms with Crippen molar-refractivity contribution in [3.05, 3.63) is 83.9 Å². The lowest BCUT2D eigenvalue weighted by molar-refractivity contribution is -0.125. The number of aliphatic hydroxyl groups is 1. The third-order valence-electron chi connectivity index (χ3n) is 6.58. The molecule has 0 aromatic heterocycles. The Labute approximate surface area is 223 Å². The highest BCUT2D eigenvalue weighted by Gasteiger charge is 2.51. The molecule has 1 unspecified atom stereocenters. The van der Waals surface area contributed by atoms with E-state index in [4.69, 9.17) is 0 Å². The van der Waals surface area contributed by atoms with Gasteiger partial charge in [-0.3, -0.25) is 9.35 Å². The predicted molar refractivity (Wildman–Crippen MR) is 150 cm³/mol. The van der Waals surface area contributed by atoms with Crippen LogP contribution in [0.5, 0.6) is 0 Å². The van der Waals surface area contributed by atoms with Crippen LogP contribution in [-0.4, -0.2) is 57.9 Å². The molecule has 4 rings (SSSR count). The quantitative estimate of drug-likeness (QED) is 0.386. The number of carbonyl (C=O) groups is 1. The second-order valence-corrected chi connectivity index (χ2v) is 10.9. The van der Waals surface area contributed by atoms with Crippen molar-refractivity contribution < 1.29 is 22.9 Å². The molecule has 1 aliphatic heterocycles. The molecule has 1 aliphatic rings. The minimum absolute atomic E-state index is 0. The first kappa shape index (κ1) is 28.8. The van der Waals surface area contributed by atoms with Crippen molar-refractivity contribution in [1.82, 2.24) is 6.15 Å². The van der Waals surface area contributed by atoms with E-state index >= 15 is 0 Å². The highest BCUT2D eigenvalue weighted by Crippen LogP contribution is 2.43. The maximum atomic E-state index is 13.8. The number of nitrogens with zero attached hydrogens (tertiary/aromatic N) is 4. The number of hydrogen-bond acceptors (Lipinski definition) is 8. The third kappa shape index (κ3) is 5.14. The summed E-state index contributed by atoms with van der Waals surface area (Å²) in [6.07, 6.45) is 0. The molecule has 1 atom stereocenters. The van der Waals surface area contributed by atoms with Crippen LogP contribution in [0.1, 0.15) is 18.1 Å². The van der Waals surface area contributed by atoms with Crippen LogP contribution in [0.4, 0.5) is 17.1 Å². The van der Waals surface area contributed by atoms with Crippen molar-refractivity contribution >= 4 is 38.8 Å². The number of amides is 1. The van der Waals surface area contributed by atoms with Gasteiger partial charge in [0.15, 0.2) is 0 Å². The Morgan fingerprint density at radius 2 is 1.24 bits per heavy atom. The fourth-order valence-electron chi connectivity index (χ4n) is 4.52. The minimum atomic E-state index is -4.38. The summed E-state index contributed by atoms with van der Waals surface area (Å²) in [6.45, 7) is 1.68. The Bertz CT molecular complexity index is 1380. The van der Waals surface area contributed by atoms with E-state index in [2.05, 4.69) is 5.10 Å². The number of rotatable bonds is 7. The molecular formula is C27H33N5O5S. The molecule has 202 valence electrons. The number of anilines is 3. The third-order valence-corrected chi connectivity index (χ3v) is 7.44. The van der Waals surface area contributed by atoms with Crippen LogP contribution in [-0.2, 0) is 20.5 Å². The predicted octanol–water partition coefficient (Wildman–Crippen LogP) is 3.50. The molecule has 3 aromatic rings. The van der Waals surface area contributed by atoms with Gasteiger partial charge < -0.3 is 21.1 Å². The number of hydrazone groups is 1. The molecule has 0 fully saturated rings. The van der Waals surface area contributed by atoms with E-state index in [9.17, 15) is 22.9 Å². The van der Waals surface area contributed by atoms with Crippen LogP contribution in [0.25, 0.3) is 0 Å². The molecule has 0 bridgehead atoms. The number of carbonyl (C=O) groups excluding carboxylic acids is 1. The van der Waals surface area contributed by atoms with Gasteiger partial charge in [-0.2, -0.15) is 13.5 Å². The lowest BCUT2D eigenvalue weighted by Crippen LogP contribution is -2.45. The Balaban J connectivity index is 0.00000400. The molecule has 10 nitrogen and oxygen atoms in total. The molecule has 0 aliphatic carbocycles. The van der Waals surface area contributed by atoms with Crippen LogP contribution >= 0.6 is 0 Å². The topological polar surface area (TPSA) is 149 Å². The minimum Gasteiger partial charge on any atom is -0.379 e. The van der Waals surface area contributed by atoms with Crippen LogP contribution in [0.3, 0.4) is 0 Å². The van der Waals surface area contributed by atoms with Crippen molar-refractivity contribution in [2.45, 2.75) is 17.4 Å². The van der Waals surface area contributed by atoms with E-state index in [0.717, 1.165) is 16.4 Å². The van der Waals surface area contributed by atoms with Gasteiger partial charge in [0.05, 0.1) is 16.3 Å². The molecule has 0 spiro atoms. The van der Waals surface area contributed by atoms with Gasteiger partial charge in [0.1, 0.15) is 11.5 Å².